The van der Waals surface area contributed by atoms with E-state index < -0.39 is 0 Å². The smallest absolute Gasteiger partial charge is 0.178 e. The van der Waals surface area contributed by atoms with Gasteiger partial charge in [-0.3, -0.25) is 15.0 Å². The van der Waals surface area contributed by atoms with E-state index in [9.17, 15) is 4.39 Å². The second-order valence-electron chi connectivity index (χ2n) is 8.63. The van der Waals surface area contributed by atoms with Gasteiger partial charge in [0.2, 0.25) is 0 Å². The average Bonchev–Trinajstić information content (AvgIpc) is 3.64. The van der Waals surface area contributed by atoms with E-state index >= 15 is 0 Å². The zero-order valence-electron chi connectivity index (χ0n) is 19.0. The number of hydrogen-bond donors (Lipinski definition) is 2. The van der Waals surface area contributed by atoms with Crippen LogP contribution in [0.2, 0.25) is 0 Å². The minimum Gasteiger partial charge on any atom is -0.491 e. The van der Waals surface area contributed by atoms with Gasteiger partial charge in [-0.2, -0.15) is 5.10 Å². The van der Waals surface area contributed by atoms with Crippen LogP contribution in [0.15, 0.2) is 61.1 Å². The van der Waals surface area contributed by atoms with Crippen LogP contribution < -0.4 is 4.74 Å². The fraction of sp³-hybridized carbons (Fsp3) is 0.231. The first kappa shape index (κ1) is 21.4. The number of aromatic nitrogens is 6. The number of likely N-dealkylation sites (tertiary alicyclic amines) is 1. The first-order valence-corrected chi connectivity index (χ1v) is 11.7. The van der Waals surface area contributed by atoms with Crippen LogP contribution >= 0.6 is 0 Å². The number of fused-ring (bicyclic) bond motifs is 1. The molecule has 0 aliphatic carbocycles. The second kappa shape index (κ2) is 9.27. The normalized spacial score (nSPS) is 14.1. The number of pyridine rings is 2. The zero-order chi connectivity index (χ0) is 23.6. The number of H-pyrrole nitrogens is 2. The van der Waals surface area contributed by atoms with E-state index in [-0.39, 0.29) is 5.82 Å². The molecule has 35 heavy (non-hydrogen) atoms. The minimum absolute atomic E-state index is 0.290. The van der Waals surface area contributed by atoms with Crippen LogP contribution in [0, 0.1) is 5.82 Å². The van der Waals surface area contributed by atoms with Gasteiger partial charge >= 0.3 is 0 Å². The molecule has 1 aromatic carbocycles. The Labute approximate surface area is 201 Å². The van der Waals surface area contributed by atoms with Crippen LogP contribution in [0.25, 0.3) is 45.1 Å². The summed E-state index contributed by atoms with van der Waals surface area (Å²) in [7, 11) is 0. The van der Waals surface area contributed by atoms with Gasteiger partial charge in [-0.1, -0.05) is 12.1 Å². The molecule has 1 saturated heterocycles. The molecule has 5 aromatic rings. The molecule has 1 fully saturated rings. The Kier molecular flexibility index (Phi) is 5.67. The summed E-state index contributed by atoms with van der Waals surface area (Å²) in [6, 6.07) is 12.2. The second-order valence-corrected chi connectivity index (χ2v) is 8.63. The summed E-state index contributed by atoms with van der Waals surface area (Å²) in [6.07, 6.45) is 7.69. The molecule has 0 unspecified atom stereocenters. The van der Waals surface area contributed by atoms with Crippen molar-refractivity contribution >= 4 is 11.2 Å². The van der Waals surface area contributed by atoms with Gasteiger partial charge in [-0.05, 0) is 61.8 Å². The van der Waals surface area contributed by atoms with Crippen molar-refractivity contribution in [1.29, 1.82) is 0 Å². The standard InChI is InChI=1S/C26H24FN7O/c27-19-5-3-4-17(12-19)21-6-7-29-26-24(21)30-25(31-26)23-14-22(32-33-23)18-13-20(16-28-15-18)35-11-10-34-8-1-2-9-34/h3-7,12-16H,1-2,8-11H2,(H,32,33)(H,29,30,31). The highest BCUT2D eigenvalue weighted by Crippen LogP contribution is 2.30. The molecule has 0 spiro atoms. The average molecular weight is 470 g/mol. The highest BCUT2D eigenvalue weighted by molar-refractivity contribution is 5.91. The third kappa shape index (κ3) is 4.50. The fourth-order valence-corrected chi connectivity index (χ4v) is 4.46. The van der Waals surface area contributed by atoms with E-state index in [0.29, 0.717) is 23.8 Å². The van der Waals surface area contributed by atoms with Gasteiger partial charge in [0.25, 0.3) is 0 Å². The summed E-state index contributed by atoms with van der Waals surface area (Å²) in [4.78, 5) is 19.0. The lowest BCUT2D eigenvalue weighted by molar-refractivity contribution is 0.237. The van der Waals surface area contributed by atoms with Crippen molar-refractivity contribution in [2.75, 3.05) is 26.2 Å². The molecule has 1 aliphatic heterocycles. The van der Waals surface area contributed by atoms with Crippen molar-refractivity contribution in [2.24, 2.45) is 0 Å². The van der Waals surface area contributed by atoms with Crippen molar-refractivity contribution in [3.05, 3.63) is 66.9 Å². The molecule has 2 N–H and O–H groups in total. The third-order valence-electron chi connectivity index (χ3n) is 6.24. The van der Waals surface area contributed by atoms with Crippen LogP contribution in [0.1, 0.15) is 12.8 Å². The molecule has 1 aliphatic rings. The molecule has 0 saturated carbocycles. The van der Waals surface area contributed by atoms with E-state index in [0.717, 1.165) is 53.3 Å². The lowest BCUT2D eigenvalue weighted by atomic mass is 10.1. The Morgan fingerprint density at radius 3 is 2.83 bits per heavy atom. The van der Waals surface area contributed by atoms with Crippen LogP contribution in [-0.2, 0) is 0 Å². The van der Waals surface area contributed by atoms with Crippen molar-refractivity contribution in [2.45, 2.75) is 12.8 Å². The van der Waals surface area contributed by atoms with Gasteiger partial charge in [-0.25, -0.2) is 14.4 Å². The number of imidazole rings is 1. The van der Waals surface area contributed by atoms with Crippen molar-refractivity contribution in [3.63, 3.8) is 0 Å². The number of ether oxygens (including phenoxy) is 1. The van der Waals surface area contributed by atoms with Gasteiger partial charge in [0.15, 0.2) is 11.5 Å². The third-order valence-corrected chi connectivity index (χ3v) is 6.24. The molecule has 0 radical (unpaired) electrons. The first-order chi connectivity index (χ1) is 17.2. The molecule has 6 rings (SSSR count). The molecule has 5 heterocycles. The van der Waals surface area contributed by atoms with Gasteiger partial charge in [0.1, 0.15) is 23.9 Å². The lowest BCUT2D eigenvalue weighted by Gasteiger charge is -2.14. The van der Waals surface area contributed by atoms with Crippen molar-refractivity contribution in [1.82, 2.24) is 35.0 Å². The van der Waals surface area contributed by atoms with Crippen LogP contribution in [0.5, 0.6) is 5.75 Å². The zero-order valence-corrected chi connectivity index (χ0v) is 19.0. The largest absolute Gasteiger partial charge is 0.491 e. The summed E-state index contributed by atoms with van der Waals surface area (Å²) < 4.78 is 19.7. The molecule has 176 valence electrons. The Bertz CT molecular complexity index is 1470. The van der Waals surface area contributed by atoms with Gasteiger partial charge in [-0.15, -0.1) is 0 Å². The number of benzene rings is 1. The molecule has 0 amide bonds. The van der Waals surface area contributed by atoms with E-state index in [1.54, 1.807) is 24.7 Å². The summed E-state index contributed by atoms with van der Waals surface area (Å²) in [6.45, 7) is 3.86. The fourth-order valence-electron chi connectivity index (χ4n) is 4.46. The Morgan fingerprint density at radius 2 is 1.94 bits per heavy atom. The van der Waals surface area contributed by atoms with E-state index in [1.165, 1.54) is 25.0 Å². The maximum atomic E-state index is 13.8. The maximum Gasteiger partial charge on any atom is 0.178 e. The van der Waals surface area contributed by atoms with E-state index in [1.807, 2.05) is 24.3 Å². The minimum atomic E-state index is -0.290. The predicted octanol–water partition coefficient (Wildman–Crippen LogP) is 4.69. The lowest BCUT2D eigenvalue weighted by Crippen LogP contribution is -2.25. The number of hydrogen-bond acceptors (Lipinski definition) is 6. The number of nitrogens with one attached hydrogen (secondary N) is 2. The molecule has 0 bridgehead atoms. The maximum absolute atomic E-state index is 13.8. The van der Waals surface area contributed by atoms with Crippen LogP contribution in [0.4, 0.5) is 4.39 Å². The predicted molar refractivity (Wildman–Crippen MR) is 131 cm³/mol. The van der Waals surface area contributed by atoms with Gasteiger partial charge in [0.05, 0.1) is 17.4 Å². The highest BCUT2D eigenvalue weighted by atomic mass is 19.1. The number of nitrogens with zero attached hydrogens (tertiary/aromatic N) is 5. The number of aromatic amines is 2. The monoisotopic (exact) mass is 469 g/mol. The molecule has 0 atom stereocenters. The first-order valence-electron chi connectivity index (χ1n) is 11.7. The quantitative estimate of drug-likeness (QED) is 0.359. The van der Waals surface area contributed by atoms with Crippen LogP contribution in [0.3, 0.4) is 0 Å². The summed E-state index contributed by atoms with van der Waals surface area (Å²) >= 11 is 0. The highest BCUT2D eigenvalue weighted by Gasteiger charge is 2.15. The Balaban J connectivity index is 1.23. The SMILES string of the molecule is Fc1cccc(-c2ccnc3nc(-c4cc(-c5cncc(OCCN6CCCC6)c5)n[nH]4)[nH]c23)c1. The molecule has 4 aromatic heterocycles. The summed E-state index contributed by atoms with van der Waals surface area (Å²) in [5.41, 5.74) is 5.16. The molecule has 9 heteroatoms. The topological polar surface area (TPSA) is 95.6 Å². The van der Waals surface area contributed by atoms with Crippen molar-refractivity contribution in [3.8, 4) is 39.7 Å². The Morgan fingerprint density at radius 1 is 1.03 bits per heavy atom. The van der Waals surface area contributed by atoms with Gasteiger partial charge in [0, 0.05) is 30.1 Å². The molecular weight excluding hydrogens is 445 g/mol. The number of rotatable bonds is 7. The molecular formula is C26H24FN7O. The summed E-state index contributed by atoms with van der Waals surface area (Å²) in [5, 5.41) is 7.49. The summed E-state index contributed by atoms with van der Waals surface area (Å²) in [5.74, 6) is 1.03. The number of halogens is 1. The van der Waals surface area contributed by atoms with Gasteiger partial charge < -0.3 is 9.72 Å². The van der Waals surface area contributed by atoms with Crippen molar-refractivity contribution < 1.29 is 9.13 Å². The van der Waals surface area contributed by atoms with Crippen LogP contribution in [-0.4, -0.2) is 61.3 Å². The molecule has 8 nitrogen and oxygen atoms in total. The van der Waals surface area contributed by atoms with E-state index in [2.05, 4.69) is 35.0 Å². The van der Waals surface area contributed by atoms with E-state index in [4.69, 9.17) is 4.74 Å². The Hall–Kier alpha value is -4.11.